The van der Waals surface area contributed by atoms with E-state index in [4.69, 9.17) is 0 Å². The molecule has 3 nitrogen and oxygen atoms in total. The molecule has 0 aliphatic carbocycles. The summed E-state index contributed by atoms with van der Waals surface area (Å²) in [7, 11) is 0. The van der Waals surface area contributed by atoms with Gasteiger partial charge in [-0.05, 0) is 80.2 Å². The Morgan fingerprint density at radius 2 is 2.32 bits per heavy atom. The minimum atomic E-state index is 0.465. The molecule has 1 unspecified atom stereocenters. The van der Waals surface area contributed by atoms with Crippen molar-refractivity contribution in [2.75, 3.05) is 24.5 Å². The molecular formula is C15H24BrN3. The molecular weight excluding hydrogens is 302 g/mol. The molecule has 2 rings (SSSR count). The molecule has 1 N–H and O–H groups in total. The molecule has 2 heterocycles. The summed E-state index contributed by atoms with van der Waals surface area (Å²) in [6.07, 6.45) is 4.52. The van der Waals surface area contributed by atoms with Crippen LogP contribution in [0.25, 0.3) is 0 Å². The summed E-state index contributed by atoms with van der Waals surface area (Å²) in [5.41, 5.74) is 1.25. The normalized spacial score (nSPS) is 19.7. The molecule has 0 bridgehead atoms. The van der Waals surface area contributed by atoms with E-state index in [0.717, 1.165) is 29.3 Å². The fourth-order valence-corrected chi connectivity index (χ4v) is 3.09. The van der Waals surface area contributed by atoms with Crippen LogP contribution >= 0.6 is 15.9 Å². The van der Waals surface area contributed by atoms with Gasteiger partial charge in [-0.3, -0.25) is 0 Å². The summed E-state index contributed by atoms with van der Waals surface area (Å²) >= 11 is 3.69. The lowest BCUT2D eigenvalue weighted by Crippen LogP contribution is -2.41. The molecule has 1 atom stereocenters. The van der Waals surface area contributed by atoms with Crippen LogP contribution in [0.5, 0.6) is 0 Å². The number of hydrogen-bond donors (Lipinski definition) is 1. The molecule has 1 fully saturated rings. The van der Waals surface area contributed by atoms with E-state index in [2.05, 4.69) is 51.9 Å². The number of anilines is 1. The molecule has 19 heavy (non-hydrogen) atoms. The number of halogens is 1. The van der Waals surface area contributed by atoms with Crippen LogP contribution < -0.4 is 10.2 Å². The van der Waals surface area contributed by atoms with Crippen molar-refractivity contribution < 1.29 is 0 Å². The predicted molar refractivity (Wildman–Crippen MR) is 84.7 cm³/mol. The molecule has 4 heteroatoms. The van der Waals surface area contributed by atoms with Crippen LogP contribution in [0.15, 0.2) is 16.7 Å². The maximum absolute atomic E-state index is 4.58. The Morgan fingerprint density at radius 3 is 2.95 bits per heavy atom. The largest absolute Gasteiger partial charge is 0.353 e. The van der Waals surface area contributed by atoms with E-state index in [1.54, 1.807) is 0 Å². The summed E-state index contributed by atoms with van der Waals surface area (Å²) in [6.45, 7) is 9.99. The first-order valence-corrected chi connectivity index (χ1v) is 7.97. The van der Waals surface area contributed by atoms with Crippen LogP contribution in [-0.2, 0) is 0 Å². The molecule has 0 saturated carbocycles. The lowest BCUT2D eigenvalue weighted by molar-refractivity contribution is 0.370. The van der Waals surface area contributed by atoms with Gasteiger partial charge in [-0.25, -0.2) is 4.98 Å². The van der Waals surface area contributed by atoms with Gasteiger partial charge in [0, 0.05) is 18.8 Å². The SMILES string of the molecule is Cc1ccnc(N(CC2CCCNC2)C(C)C)c1Br. The van der Waals surface area contributed by atoms with Crippen LogP contribution in [0.2, 0.25) is 0 Å². The highest BCUT2D eigenvalue weighted by Gasteiger charge is 2.21. The van der Waals surface area contributed by atoms with Crippen molar-refractivity contribution in [2.24, 2.45) is 5.92 Å². The topological polar surface area (TPSA) is 28.2 Å². The fourth-order valence-electron chi connectivity index (χ4n) is 2.63. The van der Waals surface area contributed by atoms with E-state index < -0.39 is 0 Å². The average Bonchev–Trinajstić information content (AvgIpc) is 2.40. The highest BCUT2D eigenvalue weighted by Crippen LogP contribution is 2.29. The number of piperidine rings is 1. The van der Waals surface area contributed by atoms with E-state index in [0.29, 0.717) is 6.04 Å². The van der Waals surface area contributed by atoms with Gasteiger partial charge in [-0.1, -0.05) is 0 Å². The molecule has 1 saturated heterocycles. The Morgan fingerprint density at radius 1 is 1.53 bits per heavy atom. The summed E-state index contributed by atoms with van der Waals surface area (Å²) < 4.78 is 1.13. The van der Waals surface area contributed by atoms with Crippen molar-refractivity contribution in [1.82, 2.24) is 10.3 Å². The summed E-state index contributed by atoms with van der Waals surface area (Å²) in [5.74, 6) is 1.81. The Bertz CT molecular complexity index is 414. The molecule has 1 aliphatic rings. The standard InChI is InChI=1S/C15H24BrN3/c1-11(2)19(10-13-5-4-7-17-9-13)15-14(16)12(3)6-8-18-15/h6,8,11,13,17H,4-5,7,9-10H2,1-3H3. The minimum Gasteiger partial charge on any atom is -0.353 e. The molecule has 0 spiro atoms. The fraction of sp³-hybridized carbons (Fsp3) is 0.667. The number of rotatable bonds is 4. The van der Waals surface area contributed by atoms with Gasteiger partial charge in [0.05, 0.1) is 4.47 Å². The van der Waals surface area contributed by atoms with Gasteiger partial charge in [-0.2, -0.15) is 0 Å². The lowest BCUT2D eigenvalue weighted by Gasteiger charge is -2.34. The second-order valence-corrected chi connectivity index (χ2v) is 6.52. The lowest BCUT2D eigenvalue weighted by atomic mass is 9.98. The van der Waals surface area contributed by atoms with Gasteiger partial charge in [0.15, 0.2) is 0 Å². The first kappa shape index (κ1) is 14.8. The number of aromatic nitrogens is 1. The number of nitrogens with one attached hydrogen (secondary N) is 1. The maximum atomic E-state index is 4.58. The van der Waals surface area contributed by atoms with Crippen molar-refractivity contribution in [3.05, 3.63) is 22.3 Å². The van der Waals surface area contributed by atoms with E-state index in [1.165, 1.54) is 24.9 Å². The van der Waals surface area contributed by atoms with E-state index >= 15 is 0 Å². The van der Waals surface area contributed by atoms with Crippen molar-refractivity contribution in [2.45, 2.75) is 39.7 Å². The van der Waals surface area contributed by atoms with E-state index in [1.807, 2.05) is 12.3 Å². The van der Waals surface area contributed by atoms with Crippen LogP contribution in [0.4, 0.5) is 5.82 Å². The van der Waals surface area contributed by atoms with Crippen LogP contribution in [0.1, 0.15) is 32.3 Å². The molecule has 1 aromatic heterocycles. The summed E-state index contributed by atoms with van der Waals surface area (Å²) in [5, 5.41) is 3.50. The highest BCUT2D eigenvalue weighted by molar-refractivity contribution is 9.10. The van der Waals surface area contributed by atoms with Gasteiger partial charge in [0.1, 0.15) is 5.82 Å². The highest BCUT2D eigenvalue weighted by atomic mass is 79.9. The third-order valence-corrected chi connectivity index (χ3v) is 4.79. The summed E-state index contributed by atoms with van der Waals surface area (Å²) in [4.78, 5) is 7.01. The van der Waals surface area contributed by atoms with Gasteiger partial charge in [-0.15, -0.1) is 0 Å². The molecule has 106 valence electrons. The van der Waals surface area contributed by atoms with Crippen molar-refractivity contribution in [3.8, 4) is 0 Å². The monoisotopic (exact) mass is 325 g/mol. The quantitative estimate of drug-likeness (QED) is 0.919. The van der Waals surface area contributed by atoms with Crippen molar-refractivity contribution in [1.29, 1.82) is 0 Å². The number of pyridine rings is 1. The molecule has 1 aliphatic heterocycles. The molecule has 0 amide bonds. The van der Waals surface area contributed by atoms with Gasteiger partial charge < -0.3 is 10.2 Å². The van der Waals surface area contributed by atoms with Gasteiger partial charge in [0.2, 0.25) is 0 Å². The minimum absolute atomic E-state index is 0.465. The average molecular weight is 326 g/mol. The maximum Gasteiger partial charge on any atom is 0.143 e. The third-order valence-electron chi connectivity index (χ3n) is 3.81. The van der Waals surface area contributed by atoms with Crippen LogP contribution in [0, 0.1) is 12.8 Å². The van der Waals surface area contributed by atoms with Crippen LogP contribution in [0.3, 0.4) is 0 Å². The van der Waals surface area contributed by atoms with E-state index in [9.17, 15) is 0 Å². The number of nitrogens with zero attached hydrogens (tertiary/aromatic N) is 2. The van der Waals surface area contributed by atoms with E-state index in [-0.39, 0.29) is 0 Å². The van der Waals surface area contributed by atoms with Crippen molar-refractivity contribution in [3.63, 3.8) is 0 Å². The second-order valence-electron chi connectivity index (χ2n) is 5.72. The zero-order valence-corrected chi connectivity index (χ0v) is 13.7. The smallest absolute Gasteiger partial charge is 0.143 e. The summed E-state index contributed by atoms with van der Waals surface area (Å²) in [6, 6.07) is 2.52. The Kier molecular flexibility index (Phi) is 5.22. The van der Waals surface area contributed by atoms with Crippen LogP contribution in [-0.4, -0.2) is 30.7 Å². The first-order chi connectivity index (χ1) is 9.09. The zero-order valence-electron chi connectivity index (χ0n) is 12.1. The Balaban J connectivity index is 2.17. The van der Waals surface area contributed by atoms with Gasteiger partial charge in [0.25, 0.3) is 0 Å². The van der Waals surface area contributed by atoms with Crippen molar-refractivity contribution >= 4 is 21.7 Å². The zero-order chi connectivity index (χ0) is 13.8. The Labute approximate surface area is 124 Å². The first-order valence-electron chi connectivity index (χ1n) is 7.18. The predicted octanol–water partition coefficient (Wildman–Crippen LogP) is 3.37. The molecule has 1 aromatic rings. The number of aryl methyl sites for hydroxylation is 1. The molecule has 0 radical (unpaired) electrons. The van der Waals surface area contributed by atoms with Gasteiger partial charge >= 0.3 is 0 Å². The molecule has 0 aromatic carbocycles. The Hall–Kier alpha value is -0.610. The number of hydrogen-bond acceptors (Lipinski definition) is 3. The third kappa shape index (κ3) is 3.69. The second kappa shape index (κ2) is 6.71.